The van der Waals surface area contributed by atoms with Gasteiger partial charge < -0.3 is 5.32 Å². The van der Waals surface area contributed by atoms with Crippen LogP contribution in [0.1, 0.15) is 16.8 Å². The van der Waals surface area contributed by atoms with E-state index in [-0.39, 0.29) is 0 Å². The molecule has 0 saturated heterocycles. The average Bonchev–Trinajstić information content (AvgIpc) is 2.41. The maximum Gasteiger partial charge on any atom is 0.134 e. The second kappa shape index (κ2) is 5.67. The molecule has 0 aromatic carbocycles. The molecule has 3 nitrogen and oxygen atoms in total. The van der Waals surface area contributed by atoms with Gasteiger partial charge in [0.2, 0.25) is 0 Å². The molecule has 0 saturated carbocycles. The van der Waals surface area contributed by atoms with E-state index in [4.69, 9.17) is 11.6 Å². The van der Waals surface area contributed by atoms with Crippen molar-refractivity contribution >= 4 is 34.3 Å². The average molecular weight is 272 g/mol. The van der Waals surface area contributed by atoms with Crippen molar-refractivity contribution in [3.63, 3.8) is 0 Å². The summed E-state index contributed by atoms with van der Waals surface area (Å²) in [5.74, 6) is 1.44. The lowest BCUT2D eigenvalue weighted by Crippen LogP contribution is -2.00. The molecule has 96 valence electrons. The predicted molar refractivity (Wildman–Crippen MR) is 81.5 cm³/mol. The van der Waals surface area contributed by atoms with Crippen LogP contribution < -0.4 is 5.32 Å². The van der Waals surface area contributed by atoms with E-state index in [1.165, 1.54) is 0 Å². The Kier molecular flexibility index (Phi) is 3.97. The molecule has 0 aliphatic rings. The lowest BCUT2D eigenvalue weighted by atomic mass is 10.2. The van der Waals surface area contributed by atoms with Crippen molar-refractivity contribution in [3.05, 3.63) is 60.4 Å². The van der Waals surface area contributed by atoms with E-state index in [0.29, 0.717) is 16.5 Å². The first-order chi connectivity index (χ1) is 9.11. The Labute approximate surface area is 117 Å². The van der Waals surface area contributed by atoms with E-state index >= 15 is 0 Å². The monoisotopic (exact) mass is 271 g/mol. The molecule has 19 heavy (non-hydrogen) atoms. The van der Waals surface area contributed by atoms with Crippen LogP contribution in [0.2, 0.25) is 0 Å². The van der Waals surface area contributed by atoms with Crippen molar-refractivity contribution in [1.82, 2.24) is 9.97 Å². The zero-order valence-corrected chi connectivity index (χ0v) is 11.4. The topological polar surface area (TPSA) is 37.8 Å². The highest BCUT2D eigenvalue weighted by molar-refractivity contribution is 6.48. The summed E-state index contributed by atoms with van der Waals surface area (Å²) in [6.45, 7) is 9.42. The van der Waals surface area contributed by atoms with Crippen LogP contribution in [-0.2, 0) is 0 Å². The van der Waals surface area contributed by atoms with Crippen molar-refractivity contribution in [1.29, 1.82) is 0 Å². The third kappa shape index (κ3) is 3.01. The number of nitrogens with zero attached hydrogens (tertiary/aromatic N) is 2. The summed E-state index contributed by atoms with van der Waals surface area (Å²) in [7, 11) is 0. The summed E-state index contributed by atoms with van der Waals surface area (Å²) < 4.78 is 0. The first kappa shape index (κ1) is 13.3. The SMILES string of the molecule is C=Cc1ccc(Nc2ncccc2C)nc1C(=C)Cl. The molecule has 2 rings (SSSR count). The maximum atomic E-state index is 5.95. The molecule has 4 heteroatoms. The fraction of sp³-hybridized carbons (Fsp3) is 0.0667. The number of aromatic nitrogens is 2. The van der Waals surface area contributed by atoms with Crippen molar-refractivity contribution in [3.8, 4) is 0 Å². The molecule has 2 aromatic rings. The molecule has 0 atom stereocenters. The Hall–Kier alpha value is -2.13. The Morgan fingerprint density at radius 1 is 1.37 bits per heavy atom. The molecule has 0 spiro atoms. The van der Waals surface area contributed by atoms with Gasteiger partial charge in [-0.25, -0.2) is 9.97 Å². The number of halogens is 1. The van der Waals surface area contributed by atoms with Crippen LogP contribution >= 0.6 is 11.6 Å². The van der Waals surface area contributed by atoms with E-state index in [1.54, 1.807) is 12.3 Å². The molecule has 0 amide bonds. The van der Waals surface area contributed by atoms with Crippen LogP contribution in [0, 0.1) is 6.92 Å². The number of pyridine rings is 2. The third-order valence-electron chi connectivity index (χ3n) is 2.66. The standard InChI is InChI=1S/C15H14ClN3/c1-4-12-7-8-13(18-14(12)11(3)16)19-15-10(2)6-5-9-17-15/h4-9H,1,3H2,2H3,(H,17,18,19). The van der Waals surface area contributed by atoms with Crippen molar-refractivity contribution in [2.24, 2.45) is 0 Å². The minimum atomic E-state index is 0.385. The summed E-state index contributed by atoms with van der Waals surface area (Å²) in [6.07, 6.45) is 3.43. The first-order valence-electron chi connectivity index (χ1n) is 5.78. The Morgan fingerprint density at radius 3 is 2.79 bits per heavy atom. The van der Waals surface area contributed by atoms with E-state index in [9.17, 15) is 0 Å². The van der Waals surface area contributed by atoms with Gasteiger partial charge in [0.05, 0.1) is 10.7 Å². The highest BCUT2D eigenvalue weighted by Crippen LogP contribution is 2.24. The summed E-state index contributed by atoms with van der Waals surface area (Å²) in [6, 6.07) is 7.62. The molecule has 0 radical (unpaired) electrons. The van der Waals surface area contributed by atoms with Crippen molar-refractivity contribution in [2.75, 3.05) is 5.32 Å². The molecule has 0 aliphatic heterocycles. The summed E-state index contributed by atoms with van der Waals surface area (Å²) in [5, 5.41) is 3.55. The molecule has 2 aromatic heterocycles. The van der Waals surface area contributed by atoms with Crippen LogP contribution in [0.5, 0.6) is 0 Å². The quantitative estimate of drug-likeness (QED) is 0.897. The minimum Gasteiger partial charge on any atom is -0.325 e. The van der Waals surface area contributed by atoms with E-state index in [1.807, 2.05) is 31.2 Å². The number of rotatable bonds is 4. The van der Waals surface area contributed by atoms with Gasteiger partial charge in [-0.05, 0) is 30.7 Å². The fourth-order valence-corrected chi connectivity index (χ4v) is 1.81. The predicted octanol–water partition coefficient (Wildman–Crippen LogP) is 4.38. The smallest absolute Gasteiger partial charge is 0.134 e. The first-order valence-corrected chi connectivity index (χ1v) is 6.16. The summed E-state index contributed by atoms with van der Waals surface area (Å²) >= 11 is 5.95. The fourth-order valence-electron chi connectivity index (χ4n) is 1.66. The molecular weight excluding hydrogens is 258 g/mol. The Bertz CT molecular complexity index is 635. The van der Waals surface area contributed by atoms with Gasteiger partial charge in [-0.2, -0.15) is 0 Å². The Balaban J connectivity index is 2.37. The number of hydrogen-bond acceptors (Lipinski definition) is 3. The zero-order valence-electron chi connectivity index (χ0n) is 10.7. The molecule has 0 unspecified atom stereocenters. The zero-order chi connectivity index (χ0) is 13.8. The largest absolute Gasteiger partial charge is 0.325 e. The molecular formula is C15H14ClN3. The highest BCUT2D eigenvalue weighted by atomic mass is 35.5. The van der Waals surface area contributed by atoms with Crippen LogP contribution in [0.4, 0.5) is 11.6 Å². The summed E-state index contributed by atoms with van der Waals surface area (Å²) in [5.41, 5.74) is 2.52. The van der Waals surface area contributed by atoms with Gasteiger partial charge >= 0.3 is 0 Å². The maximum absolute atomic E-state index is 5.95. The van der Waals surface area contributed by atoms with Crippen LogP contribution in [0.3, 0.4) is 0 Å². The van der Waals surface area contributed by atoms with Gasteiger partial charge in [-0.3, -0.25) is 0 Å². The number of anilines is 2. The second-order valence-corrected chi connectivity index (χ2v) is 4.49. The van der Waals surface area contributed by atoms with E-state index in [2.05, 4.69) is 28.4 Å². The second-order valence-electron chi connectivity index (χ2n) is 4.04. The molecule has 1 N–H and O–H groups in total. The normalized spacial score (nSPS) is 10.0. The highest BCUT2D eigenvalue weighted by Gasteiger charge is 2.07. The number of aryl methyl sites for hydroxylation is 1. The van der Waals surface area contributed by atoms with Gasteiger partial charge in [0, 0.05) is 11.8 Å². The molecule has 0 bridgehead atoms. The Morgan fingerprint density at radius 2 is 2.16 bits per heavy atom. The van der Waals surface area contributed by atoms with Crippen molar-refractivity contribution < 1.29 is 0 Å². The van der Waals surface area contributed by atoms with Crippen LogP contribution in [0.15, 0.2) is 43.6 Å². The lowest BCUT2D eigenvalue weighted by Gasteiger charge is -2.10. The molecule has 0 aliphatic carbocycles. The summed E-state index contributed by atoms with van der Waals surface area (Å²) in [4.78, 5) is 8.69. The minimum absolute atomic E-state index is 0.385. The van der Waals surface area contributed by atoms with E-state index < -0.39 is 0 Å². The van der Waals surface area contributed by atoms with Gasteiger partial charge in [0.15, 0.2) is 0 Å². The van der Waals surface area contributed by atoms with Crippen LogP contribution in [0.25, 0.3) is 11.1 Å². The van der Waals surface area contributed by atoms with Crippen LogP contribution in [-0.4, -0.2) is 9.97 Å². The third-order valence-corrected chi connectivity index (χ3v) is 2.84. The van der Waals surface area contributed by atoms with Gasteiger partial charge in [-0.1, -0.05) is 36.9 Å². The van der Waals surface area contributed by atoms with Gasteiger partial charge in [0.25, 0.3) is 0 Å². The number of nitrogens with one attached hydrogen (secondary N) is 1. The molecule has 2 heterocycles. The molecule has 0 fully saturated rings. The van der Waals surface area contributed by atoms with Crippen molar-refractivity contribution in [2.45, 2.75) is 6.92 Å². The number of hydrogen-bond donors (Lipinski definition) is 1. The van der Waals surface area contributed by atoms with E-state index in [0.717, 1.165) is 16.9 Å². The van der Waals surface area contributed by atoms with Gasteiger partial charge in [0.1, 0.15) is 11.6 Å². The lowest BCUT2D eigenvalue weighted by molar-refractivity contribution is 1.21. The van der Waals surface area contributed by atoms with Gasteiger partial charge in [-0.15, -0.1) is 0 Å².